The molecule has 0 radical (unpaired) electrons. The van der Waals surface area contributed by atoms with Gasteiger partial charge < -0.3 is 0 Å². The van der Waals surface area contributed by atoms with Gasteiger partial charge in [0.05, 0.1) is 5.56 Å². The standard InChI is InChI=1S/C10H16O.C7H5F3/c1-9(2)7-4-5-10(9,3)8(11)6-7;8-7(9,10)6-4-2-1-3-5-6/h7H,4-6H2,1-3H3;1-5H. The first kappa shape index (κ1) is 16.1. The van der Waals surface area contributed by atoms with Crippen molar-refractivity contribution in [1.29, 1.82) is 0 Å². The molecule has 1 aromatic carbocycles. The Morgan fingerprint density at radius 1 is 1.10 bits per heavy atom. The molecule has 21 heavy (non-hydrogen) atoms. The van der Waals surface area contributed by atoms with E-state index in [4.69, 9.17) is 0 Å². The second kappa shape index (κ2) is 5.15. The molecule has 2 saturated carbocycles. The Labute approximate surface area is 123 Å². The minimum Gasteiger partial charge on any atom is -0.299 e. The predicted octanol–water partition coefficient (Wildman–Crippen LogP) is 5.11. The van der Waals surface area contributed by atoms with Crippen LogP contribution < -0.4 is 0 Å². The number of hydrogen-bond donors (Lipinski definition) is 0. The van der Waals surface area contributed by atoms with E-state index in [1.54, 1.807) is 6.07 Å². The first-order valence-electron chi connectivity index (χ1n) is 7.24. The van der Waals surface area contributed by atoms with Gasteiger partial charge in [-0.2, -0.15) is 13.2 Å². The van der Waals surface area contributed by atoms with Crippen LogP contribution in [0.4, 0.5) is 13.2 Å². The van der Waals surface area contributed by atoms with Gasteiger partial charge >= 0.3 is 6.18 Å². The lowest BCUT2D eigenvalue weighted by Crippen LogP contribution is -2.32. The number of fused-ring (bicyclic) bond motifs is 2. The van der Waals surface area contributed by atoms with Crippen molar-refractivity contribution in [3.63, 3.8) is 0 Å². The van der Waals surface area contributed by atoms with Crippen molar-refractivity contribution in [3.8, 4) is 0 Å². The van der Waals surface area contributed by atoms with Crippen LogP contribution in [-0.4, -0.2) is 5.78 Å². The molecule has 2 unspecified atom stereocenters. The molecular formula is C17H21F3O. The Hall–Kier alpha value is -1.32. The van der Waals surface area contributed by atoms with Crippen LogP contribution in [0.15, 0.2) is 30.3 Å². The smallest absolute Gasteiger partial charge is 0.299 e. The molecule has 1 aromatic rings. The number of Topliss-reactive ketones (excluding diaryl/α,β-unsaturated/α-hetero) is 1. The van der Waals surface area contributed by atoms with Gasteiger partial charge in [-0.15, -0.1) is 0 Å². The van der Waals surface area contributed by atoms with Crippen LogP contribution in [0.25, 0.3) is 0 Å². The van der Waals surface area contributed by atoms with Gasteiger partial charge in [-0.1, -0.05) is 51.1 Å². The van der Waals surface area contributed by atoms with Crippen LogP contribution in [0.1, 0.15) is 45.6 Å². The quantitative estimate of drug-likeness (QED) is 0.650. The van der Waals surface area contributed by atoms with Gasteiger partial charge in [-0.05, 0) is 24.2 Å². The van der Waals surface area contributed by atoms with Crippen LogP contribution in [0.2, 0.25) is 0 Å². The van der Waals surface area contributed by atoms with Gasteiger partial charge in [-0.3, -0.25) is 4.79 Å². The van der Waals surface area contributed by atoms with Crippen LogP contribution in [-0.2, 0) is 11.0 Å². The fourth-order valence-corrected chi connectivity index (χ4v) is 3.53. The third-order valence-electron chi connectivity index (χ3n) is 5.58. The molecule has 0 aromatic heterocycles. The fraction of sp³-hybridized carbons (Fsp3) is 0.588. The predicted molar refractivity (Wildman–Crippen MR) is 75.7 cm³/mol. The first-order valence-corrected chi connectivity index (χ1v) is 7.24. The highest BCUT2D eigenvalue weighted by Crippen LogP contribution is 2.63. The largest absolute Gasteiger partial charge is 0.416 e. The van der Waals surface area contributed by atoms with Crippen molar-refractivity contribution in [2.75, 3.05) is 0 Å². The fourth-order valence-electron chi connectivity index (χ4n) is 3.53. The second-order valence-corrected chi connectivity index (χ2v) is 6.78. The summed E-state index contributed by atoms with van der Waals surface area (Å²) in [7, 11) is 0. The van der Waals surface area contributed by atoms with Crippen molar-refractivity contribution in [2.24, 2.45) is 16.7 Å². The molecule has 116 valence electrons. The molecule has 0 heterocycles. The monoisotopic (exact) mass is 298 g/mol. The summed E-state index contributed by atoms with van der Waals surface area (Å²) in [5, 5.41) is 0. The van der Waals surface area contributed by atoms with Crippen LogP contribution >= 0.6 is 0 Å². The Balaban J connectivity index is 0.000000155. The number of ketones is 1. The summed E-state index contributed by atoms with van der Waals surface area (Å²) < 4.78 is 35.4. The maximum Gasteiger partial charge on any atom is 0.416 e. The maximum absolute atomic E-state index is 11.8. The van der Waals surface area contributed by atoms with E-state index in [1.165, 1.54) is 18.6 Å². The molecule has 2 aliphatic rings. The highest BCUT2D eigenvalue weighted by Gasteiger charge is 2.61. The lowest BCUT2D eigenvalue weighted by atomic mass is 9.70. The van der Waals surface area contributed by atoms with Gasteiger partial charge in [0, 0.05) is 11.8 Å². The van der Waals surface area contributed by atoms with Crippen LogP contribution in [0.5, 0.6) is 0 Å². The lowest BCUT2D eigenvalue weighted by molar-refractivity contribution is -0.137. The number of benzene rings is 1. The van der Waals surface area contributed by atoms with E-state index < -0.39 is 11.7 Å². The van der Waals surface area contributed by atoms with Crippen molar-refractivity contribution < 1.29 is 18.0 Å². The normalized spacial score (nSPS) is 30.0. The number of alkyl halides is 3. The summed E-state index contributed by atoms with van der Waals surface area (Å²) in [5.74, 6) is 1.19. The first-order chi connectivity index (χ1) is 9.59. The molecule has 1 nitrogen and oxygen atoms in total. The van der Waals surface area contributed by atoms with Gasteiger partial charge in [-0.25, -0.2) is 0 Å². The number of carbonyl (C=O) groups is 1. The molecule has 0 aliphatic heterocycles. The number of hydrogen-bond acceptors (Lipinski definition) is 1. The molecule has 2 fully saturated rings. The molecule has 0 N–H and O–H groups in total. The molecule has 2 atom stereocenters. The SMILES string of the molecule is CC12CCC(CC1=O)C2(C)C.FC(F)(F)c1ccccc1. The summed E-state index contributed by atoms with van der Waals surface area (Å²) in [5.41, 5.74) is -0.295. The minimum absolute atomic E-state index is 0.0255. The highest BCUT2D eigenvalue weighted by molar-refractivity contribution is 5.89. The van der Waals surface area contributed by atoms with E-state index >= 15 is 0 Å². The van der Waals surface area contributed by atoms with Crippen molar-refractivity contribution in [3.05, 3.63) is 35.9 Å². The average molecular weight is 298 g/mol. The highest BCUT2D eigenvalue weighted by atomic mass is 19.4. The molecule has 0 spiro atoms. The van der Waals surface area contributed by atoms with E-state index in [-0.39, 0.29) is 10.8 Å². The number of carbonyl (C=O) groups excluding carboxylic acids is 1. The van der Waals surface area contributed by atoms with Gasteiger partial charge in [0.2, 0.25) is 0 Å². The molecular weight excluding hydrogens is 277 g/mol. The average Bonchev–Trinajstić information content (AvgIpc) is 2.73. The molecule has 3 rings (SSSR count). The zero-order valence-electron chi connectivity index (χ0n) is 12.6. The van der Waals surface area contributed by atoms with E-state index in [1.807, 2.05) is 0 Å². The third kappa shape index (κ3) is 2.72. The van der Waals surface area contributed by atoms with Crippen LogP contribution in [0, 0.1) is 16.7 Å². The summed E-state index contributed by atoms with van der Waals surface area (Å²) in [6, 6.07) is 6.36. The van der Waals surface area contributed by atoms with Gasteiger partial charge in [0.15, 0.2) is 0 Å². The Morgan fingerprint density at radius 3 is 1.90 bits per heavy atom. The Morgan fingerprint density at radius 2 is 1.67 bits per heavy atom. The van der Waals surface area contributed by atoms with E-state index in [0.29, 0.717) is 11.7 Å². The van der Waals surface area contributed by atoms with Gasteiger partial charge in [0.25, 0.3) is 0 Å². The molecule has 2 aliphatic carbocycles. The topological polar surface area (TPSA) is 17.1 Å². The van der Waals surface area contributed by atoms with E-state index in [0.717, 1.165) is 25.0 Å². The van der Waals surface area contributed by atoms with E-state index in [2.05, 4.69) is 20.8 Å². The summed E-state index contributed by atoms with van der Waals surface area (Å²) in [4.78, 5) is 11.6. The number of halogens is 3. The minimum atomic E-state index is -4.21. The molecule has 0 amide bonds. The number of rotatable bonds is 0. The van der Waals surface area contributed by atoms with Gasteiger partial charge in [0.1, 0.15) is 5.78 Å². The third-order valence-corrected chi connectivity index (χ3v) is 5.58. The Kier molecular flexibility index (Phi) is 3.94. The second-order valence-electron chi connectivity index (χ2n) is 6.78. The molecule has 4 heteroatoms. The maximum atomic E-state index is 11.8. The van der Waals surface area contributed by atoms with E-state index in [9.17, 15) is 18.0 Å². The Bertz CT molecular complexity index is 519. The van der Waals surface area contributed by atoms with Crippen molar-refractivity contribution >= 4 is 5.78 Å². The van der Waals surface area contributed by atoms with Crippen molar-refractivity contribution in [1.82, 2.24) is 0 Å². The summed E-state index contributed by atoms with van der Waals surface area (Å²) in [6.07, 6.45) is -0.955. The lowest BCUT2D eigenvalue weighted by Gasteiger charge is -2.32. The zero-order valence-corrected chi connectivity index (χ0v) is 12.6. The van der Waals surface area contributed by atoms with Crippen LogP contribution in [0.3, 0.4) is 0 Å². The van der Waals surface area contributed by atoms with Crippen molar-refractivity contribution in [2.45, 2.75) is 46.2 Å². The summed E-state index contributed by atoms with van der Waals surface area (Å²) >= 11 is 0. The molecule has 0 saturated heterocycles. The zero-order chi connectivity index (χ0) is 15.9. The summed E-state index contributed by atoms with van der Waals surface area (Å²) in [6.45, 7) is 6.67. The molecule has 2 bridgehead atoms.